The zero-order valence-corrected chi connectivity index (χ0v) is 21.9. The monoisotopic (exact) mass is 521 g/mol. The van der Waals surface area contributed by atoms with Gasteiger partial charge in [0.2, 0.25) is 0 Å². The molecule has 0 fully saturated rings. The molecule has 0 atom stereocenters. The second kappa shape index (κ2) is 9.09. The topological polar surface area (TPSA) is 130 Å². The first-order chi connectivity index (χ1) is 18.8. The van der Waals surface area contributed by atoms with Crippen LogP contribution in [0.25, 0.3) is 38.6 Å². The van der Waals surface area contributed by atoms with Crippen LogP contribution in [0.4, 0.5) is 10.5 Å². The summed E-state index contributed by atoms with van der Waals surface area (Å²) in [5.74, 6) is -0.658. The van der Waals surface area contributed by atoms with Crippen molar-refractivity contribution in [1.29, 1.82) is 0 Å². The normalized spacial score (nSPS) is 13.1. The van der Waals surface area contributed by atoms with Crippen molar-refractivity contribution < 1.29 is 9.59 Å². The molecule has 10 heteroatoms. The molecule has 3 amide bonds. The summed E-state index contributed by atoms with van der Waals surface area (Å²) >= 11 is 0. The highest BCUT2D eigenvalue weighted by atomic mass is 16.2. The van der Waals surface area contributed by atoms with Crippen LogP contribution in [0.2, 0.25) is 0 Å². The number of aryl methyl sites for hydroxylation is 1. The van der Waals surface area contributed by atoms with Gasteiger partial charge in [-0.15, -0.1) is 0 Å². The van der Waals surface area contributed by atoms with E-state index in [4.69, 9.17) is 5.73 Å². The molecule has 39 heavy (non-hydrogen) atoms. The molecule has 0 saturated carbocycles. The molecule has 0 unspecified atom stereocenters. The van der Waals surface area contributed by atoms with E-state index in [2.05, 4.69) is 15.0 Å². The predicted molar refractivity (Wildman–Crippen MR) is 150 cm³/mol. The van der Waals surface area contributed by atoms with Crippen molar-refractivity contribution in [1.82, 2.24) is 24.4 Å². The van der Waals surface area contributed by atoms with E-state index in [1.165, 1.54) is 15.8 Å². The van der Waals surface area contributed by atoms with Crippen LogP contribution in [-0.2, 0) is 6.42 Å². The fraction of sp³-hybridized carbons (Fsp3) is 0.207. The zero-order chi connectivity index (χ0) is 27.4. The van der Waals surface area contributed by atoms with E-state index in [0.717, 1.165) is 40.9 Å². The van der Waals surface area contributed by atoms with Crippen molar-refractivity contribution in [3.05, 3.63) is 82.3 Å². The molecule has 196 valence electrons. The Morgan fingerprint density at radius 2 is 1.85 bits per heavy atom. The summed E-state index contributed by atoms with van der Waals surface area (Å²) in [7, 11) is 3.43. The molecule has 0 aliphatic carbocycles. The average Bonchev–Trinajstić information content (AvgIpc) is 3.33. The minimum atomic E-state index is -0.658. The van der Waals surface area contributed by atoms with Gasteiger partial charge < -0.3 is 15.6 Å². The zero-order valence-electron chi connectivity index (χ0n) is 21.9. The van der Waals surface area contributed by atoms with Crippen LogP contribution in [0.3, 0.4) is 0 Å². The molecule has 3 aromatic heterocycles. The molecule has 1 aliphatic heterocycles. The lowest BCUT2D eigenvalue weighted by Crippen LogP contribution is -2.42. The van der Waals surface area contributed by atoms with Gasteiger partial charge >= 0.3 is 6.03 Å². The van der Waals surface area contributed by atoms with Crippen LogP contribution >= 0.6 is 0 Å². The average molecular weight is 522 g/mol. The maximum Gasteiger partial charge on any atom is 0.324 e. The molecule has 1 aliphatic rings. The summed E-state index contributed by atoms with van der Waals surface area (Å²) in [5.41, 5.74) is 11.4. The number of aromatic nitrogens is 4. The van der Waals surface area contributed by atoms with Crippen LogP contribution in [0.15, 0.2) is 59.8 Å². The Bertz CT molecular complexity index is 1870. The highest BCUT2D eigenvalue weighted by Gasteiger charge is 2.31. The van der Waals surface area contributed by atoms with E-state index in [0.29, 0.717) is 34.0 Å². The number of aromatic amines is 1. The number of nitrogens with zero attached hydrogens (tertiary/aromatic N) is 5. The van der Waals surface area contributed by atoms with E-state index in [1.807, 2.05) is 43.3 Å². The summed E-state index contributed by atoms with van der Waals surface area (Å²) in [6.45, 7) is 2.48. The van der Waals surface area contributed by atoms with Gasteiger partial charge in [0.25, 0.3) is 11.5 Å². The number of carbonyl (C=O) groups excluding carboxylic acids is 2. The number of primary amides is 1. The molecule has 5 aromatic rings. The highest BCUT2D eigenvalue weighted by molar-refractivity contribution is 6.16. The van der Waals surface area contributed by atoms with E-state index in [9.17, 15) is 14.4 Å². The van der Waals surface area contributed by atoms with Gasteiger partial charge in [-0.05, 0) is 49.1 Å². The first-order valence-corrected chi connectivity index (χ1v) is 12.7. The first-order valence-electron chi connectivity index (χ1n) is 12.7. The number of para-hydroxylation sites is 1. The van der Waals surface area contributed by atoms with Gasteiger partial charge in [-0.3, -0.25) is 19.1 Å². The number of fused-ring (bicyclic) bond motifs is 4. The van der Waals surface area contributed by atoms with Crippen molar-refractivity contribution in [2.75, 3.05) is 25.5 Å². The summed E-state index contributed by atoms with van der Waals surface area (Å²) in [6, 6.07) is 12.8. The van der Waals surface area contributed by atoms with Crippen LogP contribution in [0.5, 0.6) is 0 Å². The summed E-state index contributed by atoms with van der Waals surface area (Å²) in [5, 5.41) is 1.23. The lowest BCUT2D eigenvalue weighted by molar-refractivity contribution is 0.0997. The molecule has 0 radical (unpaired) electrons. The largest absolute Gasteiger partial charge is 0.364 e. The summed E-state index contributed by atoms with van der Waals surface area (Å²) < 4.78 is 1.54. The number of nitrogens with one attached hydrogen (secondary N) is 1. The minimum Gasteiger partial charge on any atom is -0.364 e. The van der Waals surface area contributed by atoms with Gasteiger partial charge in [-0.2, -0.15) is 0 Å². The maximum atomic E-state index is 13.4. The molecule has 6 rings (SSSR count). The fourth-order valence-electron chi connectivity index (χ4n) is 5.49. The Hall–Kier alpha value is -4.99. The van der Waals surface area contributed by atoms with Crippen molar-refractivity contribution >= 4 is 39.4 Å². The number of nitrogens with two attached hydrogens (primary N) is 1. The standard InChI is InChI=1S/C29H27N7O3/c1-16-17(9-6-12-22(16)36-15-32-20-10-5-4-8-18(20)28(36)38)19-14-31-25(27(30)37)24-23(19)26-21(33-24)11-7-13-35(26)29(39)34(2)3/h4-6,8-10,12,14-15,33H,7,11,13H2,1-3H3,(H2,30,37). The Balaban J connectivity index is 1.63. The van der Waals surface area contributed by atoms with Crippen LogP contribution in [0, 0.1) is 6.92 Å². The quantitative estimate of drug-likeness (QED) is 0.373. The Labute approximate surface area is 223 Å². The number of H-pyrrole nitrogens is 1. The molecule has 4 heterocycles. The van der Waals surface area contributed by atoms with Crippen molar-refractivity contribution in [3.63, 3.8) is 0 Å². The smallest absolute Gasteiger partial charge is 0.324 e. The Kier molecular flexibility index (Phi) is 5.67. The van der Waals surface area contributed by atoms with Gasteiger partial charge in [-0.25, -0.2) is 14.8 Å². The van der Waals surface area contributed by atoms with Gasteiger partial charge in [0.1, 0.15) is 6.33 Å². The number of anilines is 1. The number of urea groups is 1. The van der Waals surface area contributed by atoms with Crippen LogP contribution in [-0.4, -0.2) is 57.0 Å². The summed E-state index contributed by atoms with van der Waals surface area (Å²) in [6.07, 6.45) is 4.66. The van der Waals surface area contributed by atoms with Gasteiger partial charge in [-0.1, -0.05) is 24.3 Å². The number of amides is 3. The number of hydrogen-bond donors (Lipinski definition) is 2. The van der Waals surface area contributed by atoms with Crippen molar-refractivity contribution in [3.8, 4) is 16.8 Å². The lowest BCUT2D eigenvalue weighted by Gasteiger charge is -2.30. The number of benzene rings is 2. The molecule has 10 nitrogen and oxygen atoms in total. The summed E-state index contributed by atoms with van der Waals surface area (Å²) in [4.78, 5) is 54.5. The number of rotatable bonds is 3. The third-order valence-electron chi connectivity index (χ3n) is 7.32. The molecular weight excluding hydrogens is 494 g/mol. The fourth-order valence-corrected chi connectivity index (χ4v) is 5.49. The lowest BCUT2D eigenvalue weighted by atomic mass is 9.95. The Morgan fingerprint density at radius 1 is 1.05 bits per heavy atom. The molecule has 0 spiro atoms. The third-order valence-corrected chi connectivity index (χ3v) is 7.32. The minimum absolute atomic E-state index is 0.115. The first kappa shape index (κ1) is 24.4. The number of hydrogen-bond acceptors (Lipinski definition) is 5. The second-order valence-corrected chi connectivity index (χ2v) is 9.91. The molecule has 0 bridgehead atoms. The second-order valence-electron chi connectivity index (χ2n) is 9.91. The van der Waals surface area contributed by atoms with Crippen molar-refractivity contribution in [2.45, 2.75) is 19.8 Å². The van der Waals surface area contributed by atoms with E-state index >= 15 is 0 Å². The Morgan fingerprint density at radius 3 is 2.62 bits per heavy atom. The van der Waals surface area contributed by atoms with Gasteiger partial charge in [0, 0.05) is 43.5 Å². The van der Waals surface area contributed by atoms with E-state index < -0.39 is 5.91 Å². The third kappa shape index (κ3) is 3.75. The molecule has 2 aromatic carbocycles. The highest BCUT2D eigenvalue weighted by Crippen LogP contribution is 2.43. The molecular formula is C29H27N7O3. The molecule has 3 N–H and O–H groups in total. The van der Waals surface area contributed by atoms with Crippen LogP contribution < -0.4 is 16.2 Å². The van der Waals surface area contributed by atoms with Gasteiger partial charge in [0.15, 0.2) is 5.69 Å². The number of carbonyl (C=O) groups is 2. The van der Waals surface area contributed by atoms with Crippen LogP contribution in [0.1, 0.15) is 28.2 Å². The van der Waals surface area contributed by atoms with Crippen molar-refractivity contribution in [2.24, 2.45) is 5.73 Å². The van der Waals surface area contributed by atoms with Gasteiger partial charge in [0.05, 0.1) is 27.8 Å². The van der Waals surface area contributed by atoms with E-state index in [1.54, 1.807) is 31.3 Å². The molecule has 0 saturated heterocycles. The SMILES string of the molecule is Cc1c(-c2cnc(C(N)=O)c3[nH]c4c(c23)N(C(=O)N(C)C)CCC4)cccc1-n1cnc2ccccc2c1=O. The predicted octanol–water partition coefficient (Wildman–Crippen LogP) is 3.77. The maximum absolute atomic E-state index is 13.4. The number of pyridine rings is 1. The van der Waals surface area contributed by atoms with E-state index in [-0.39, 0.29) is 17.3 Å².